The van der Waals surface area contributed by atoms with Gasteiger partial charge < -0.3 is 15.0 Å². The average Bonchev–Trinajstić information content (AvgIpc) is 2.90. The van der Waals surface area contributed by atoms with Gasteiger partial charge in [0.1, 0.15) is 0 Å². The quantitative estimate of drug-likeness (QED) is 0.872. The fraction of sp³-hybridized carbons (Fsp3) is 0.667. The SMILES string of the molecule is CCN(Cc1ccc(Cl)s1)C(=O)C1(COC)CCNCC1. The van der Waals surface area contributed by atoms with Crippen LogP contribution in [0.4, 0.5) is 0 Å². The molecule has 0 atom stereocenters. The van der Waals surface area contributed by atoms with Gasteiger partial charge in [-0.25, -0.2) is 0 Å². The Morgan fingerprint density at radius 3 is 2.71 bits per heavy atom. The van der Waals surface area contributed by atoms with Crippen LogP contribution in [0.3, 0.4) is 0 Å². The van der Waals surface area contributed by atoms with Crippen molar-refractivity contribution in [1.82, 2.24) is 10.2 Å². The van der Waals surface area contributed by atoms with Crippen molar-refractivity contribution in [2.45, 2.75) is 26.3 Å². The fourth-order valence-corrected chi connectivity index (χ4v) is 3.99. The number of methoxy groups -OCH3 is 1. The zero-order valence-corrected chi connectivity index (χ0v) is 14.2. The van der Waals surface area contributed by atoms with Gasteiger partial charge in [-0.15, -0.1) is 11.3 Å². The van der Waals surface area contributed by atoms with Crippen LogP contribution in [0.15, 0.2) is 12.1 Å². The highest BCUT2D eigenvalue weighted by Crippen LogP contribution is 2.33. The van der Waals surface area contributed by atoms with Crippen LogP contribution in [0.5, 0.6) is 0 Å². The Hall–Kier alpha value is -0.620. The summed E-state index contributed by atoms with van der Waals surface area (Å²) < 4.78 is 6.13. The van der Waals surface area contributed by atoms with E-state index in [1.807, 2.05) is 24.0 Å². The summed E-state index contributed by atoms with van der Waals surface area (Å²) in [6.07, 6.45) is 1.67. The van der Waals surface area contributed by atoms with E-state index in [9.17, 15) is 4.79 Å². The fourth-order valence-electron chi connectivity index (χ4n) is 2.89. The minimum atomic E-state index is -0.378. The van der Waals surface area contributed by atoms with Crippen molar-refractivity contribution in [3.05, 3.63) is 21.3 Å². The summed E-state index contributed by atoms with van der Waals surface area (Å²) in [5.41, 5.74) is -0.378. The van der Waals surface area contributed by atoms with Crippen molar-refractivity contribution < 1.29 is 9.53 Å². The normalized spacial score (nSPS) is 17.7. The number of carbonyl (C=O) groups is 1. The maximum absolute atomic E-state index is 13.0. The zero-order valence-electron chi connectivity index (χ0n) is 12.7. The predicted octanol–water partition coefficient (Wildman–Crippen LogP) is 2.77. The van der Waals surface area contributed by atoms with Crippen molar-refractivity contribution in [2.75, 3.05) is 33.4 Å². The molecule has 1 amide bonds. The van der Waals surface area contributed by atoms with Gasteiger partial charge in [0.15, 0.2) is 0 Å². The predicted molar refractivity (Wildman–Crippen MR) is 86.8 cm³/mol. The molecule has 118 valence electrons. The summed E-state index contributed by atoms with van der Waals surface area (Å²) in [4.78, 5) is 16.1. The third-order valence-electron chi connectivity index (χ3n) is 4.08. The summed E-state index contributed by atoms with van der Waals surface area (Å²) in [6, 6.07) is 3.88. The van der Waals surface area contributed by atoms with Crippen molar-refractivity contribution in [3.8, 4) is 0 Å². The molecule has 1 aliphatic rings. The van der Waals surface area contributed by atoms with E-state index in [-0.39, 0.29) is 11.3 Å². The van der Waals surface area contributed by atoms with E-state index < -0.39 is 0 Å². The molecule has 0 spiro atoms. The maximum Gasteiger partial charge on any atom is 0.231 e. The molecule has 0 bridgehead atoms. The molecule has 0 unspecified atom stereocenters. The third kappa shape index (κ3) is 3.97. The molecule has 0 aromatic carbocycles. The first-order valence-corrected chi connectivity index (χ1v) is 8.54. The minimum Gasteiger partial charge on any atom is -0.384 e. The number of hydrogen-bond acceptors (Lipinski definition) is 4. The average molecular weight is 331 g/mol. The van der Waals surface area contributed by atoms with Gasteiger partial charge in [-0.05, 0) is 45.0 Å². The second-order valence-corrected chi connectivity index (χ2v) is 7.29. The number of nitrogens with zero attached hydrogens (tertiary/aromatic N) is 1. The molecular formula is C15H23ClN2O2S. The highest BCUT2D eigenvalue weighted by atomic mass is 35.5. The lowest BCUT2D eigenvalue weighted by atomic mass is 9.78. The molecular weight excluding hydrogens is 308 g/mol. The van der Waals surface area contributed by atoms with Gasteiger partial charge in [-0.2, -0.15) is 0 Å². The van der Waals surface area contributed by atoms with Crippen LogP contribution in [0.2, 0.25) is 4.34 Å². The summed E-state index contributed by atoms with van der Waals surface area (Å²) >= 11 is 7.51. The molecule has 4 nitrogen and oxygen atoms in total. The molecule has 1 saturated heterocycles. The lowest BCUT2D eigenvalue weighted by molar-refractivity contribution is -0.148. The van der Waals surface area contributed by atoms with Crippen molar-refractivity contribution >= 4 is 28.8 Å². The van der Waals surface area contributed by atoms with E-state index in [2.05, 4.69) is 5.32 Å². The number of amides is 1. The van der Waals surface area contributed by atoms with Crippen LogP contribution >= 0.6 is 22.9 Å². The Bertz CT molecular complexity index is 466. The molecule has 0 aliphatic carbocycles. The van der Waals surface area contributed by atoms with Gasteiger partial charge in [-0.3, -0.25) is 4.79 Å². The van der Waals surface area contributed by atoms with Crippen molar-refractivity contribution in [1.29, 1.82) is 0 Å². The number of ether oxygens (including phenoxy) is 1. The highest BCUT2D eigenvalue weighted by Gasteiger charge is 2.41. The van der Waals surface area contributed by atoms with Crippen LogP contribution in [0, 0.1) is 5.41 Å². The Morgan fingerprint density at radius 1 is 1.48 bits per heavy atom. The standard InChI is InChI=1S/C15H23ClN2O2S/c1-3-18(10-12-4-5-13(16)21-12)14(19)15(11-20-2)6-8-17-9-7-15/h4-5,17H,3,6-11H2,1-2H3. The monoisotopic (exact) mass is 330 g/mol. The summed E-state index contributed by atoms with van der Waals surface area (Å²) in [6.45, 7) is 5.59. The van der Waals surface area contributed by atoms with Gasteiger partial charge >= 0.3 is 0 Å². The molecule has 1 aromatic rings. The van der Waals surface area contributed by atoms with Gasteiger partial charge in [0.2, 0.25) is 5.91 Å². The highest BCUT2D eigenvalue weighted by molar-refractivity contribution is 7.16. The first-order valence-electron chi connectivity index (χ1n) is 7.34. The van der Waals surface area contributed by atoms with E-state index in [1.54, 1.807) is 7.11 Å². The number of hydrogen-bond donors (Lipinski definition) is 1. The summed E-state index contributed by atoms with van der Waals surface area (Å²) in [5.74, 6) is 0.206. The van der Waals surface area contributed by atoms with E-state index in [1.165, 1.54) is 11.3 Å². The molecule has 1 aromatic heterocycles. The molecule has 1 aliphatic heterocycles. The van der Waals surface area contributed by atoms with Gasteiger partial charge in [0.25, 0.3) is 0 Å². The van der Waals surface area contributed by atoms with Crippen molar-refractivity contribution in [2.24, 2.45) is 5.41 Å². The first-order chi connectivity index (χ1) is 10.1. The van der Waals surface area contributed by atoms with Gasteiger partial charge in [0.05, 0.1) is 22.9 Å². The van der Waals surface area contributed by atoms with Crippen LogP contribution in [0.25, 0.3) is 0 Å². The number of carbonyl (C=O) groups excluding carboxylic acids is 1. The van der Waals surface area contributed by atoms with E-state index >= 15 is 0 Å². The molecule has 6 heteroatoms. The lowest BCUT2D eigenvalue weighted by Gasteiger charge is -2.39. The Labute approximate surface area is 135 Å². The van der Waals surface area contributed by atoms with Gasteiger partial charge in [0, 0.05) is 18.5 Å². The minimum absolute atomic E-state index is 0.206. The lowest BCUT2D eigenvalue weighted by Crippen LogP contribution is -2.51. The maximum atomic E-state index is 13.0. The largest absolute Gasteiger partial charge is 0.384 e. The second kappa shape index (κ2) is 7.58. The van der Waals surface area contributed by atoms with Crippen LogP contribution in [-0.2, 0) is 16.1 Å². The van der Waals surface area contributed by atoms with Crippen LogP contribution < -0.4 is 5.32 Å². The van der Waals surface area contributed by atoms with Crippen LogP contribution in [0.1, 0.15) is 24.6 Å². The zero-order chi connectivity index (χ0) is 15.3. The second-order valence-electron chi connectivity index (χ2n) is 5.49. The van der Waals surface area contributed by atoms with E-state index in [4.69, 9.17) is 16.3 Å². The molecule has 1 fully saturated rings. The summed E-state index contributed by atoms with van der Waals surface area (Å²) in [7, 11) is 1.67. The molecule has 2 rings (SSSR count). The Kier molecular flexibility index (Phi) is 6.05. The molecule has 2 heterocycles. The topological polar surface area (TPSA) is 41.6 Å². The smallest absolute Gasteiger partial charge is 0.231 e. The number of thiophene rings is 1. The van der Waals surface area contributed by atoms with Gasteiger partial charge in [-0.1, -0.05) is 11.6 Å². The molecule has 21 heavy (non-hydrogen) atoms. The van der Waals surface area contributed by atoms with Crippen LogP contribution in [-0.4, -0.2) is 44.2 Å². The molecule has 1 N–H and O–H groups in total. The Balaban J connectivity index is 2.12. The number of nitrogens with one attached hydrogen (secondary N) is 1. The summed E-state index contributed by atoms with van der Waals surface area (Å²) in [5, 5.41) is 3.32. The number of halogens is 1. The third-order valence-corrected chi connectivity index (χ3v) is 5.30. The molecule has 0 saturated carbocycles. The molecule has 0 radical (unpaired) electrons. The van der Waals surface area contributed by atoms with E-state index in [0.29, 0.717) is 19.7 Å². The number of rotatable bonds is 6. The Morgan fingerprint density at radius 2 is 2.19 bits per heavy atom. The van der Waals surface area contributed by atoms with E-state index in [0.717, 1.165) is 35.1 Å². The first kappa shape index (κ1) is 16.7. The number of piperidine rings is 1. The van der Waals surface area contributed by atoms with Crippen molar-refractivity contribution in [3.63, 3.8) is 0 Å².